The van der Waals surface area contributed by atoms with Gasteiger partial charge in [-0.15, -0.1) is 0 Å². The Kier molecular flexibility index (Phi) is 4.16. The van der Waals surface area contributed by atoms with Crippen LogP contribution < -0.4 is 10.6 Å². The van der Waals surface area contributed by atoms with Gasteiger partial charge in [0.2, 0.25) is 0 Å². The molecule has 102 valence electrons. The van der Waals surface area contributed by atoms with E-state index in [2.05, 4.69) is 22.8 Å². The highest BCUT2D eigenvalue weighted by Gasteiger charge is 2.12. The zero-order valence-corrected chi connectivity index (χ0v) is 11.3. The van der Waals surface area contributed by atoms with Gasteiger partial charge in [-0.1, -0.05) is 18.2 Å². The van der Waals surface area contributed by atoms with E-state index in [4.69, 9.17) is 4.42 Å². The Morgan fingerprint density at radius 2 is 2.21 bits per heavy atom. The van der Waals surface area contributed by atoms with Crippen molar-refractivity contribution in [2.45, 2.75) is 31.7 Å². The lowest BCUT2D eigenvalue weighted by Gasteiger charge is -2.10. The van der Waals surface area contributed by atoms with Crippen LogP contribution in [0.4, 0.5) is 0 Å². The number of nitrogens with one attached hydrogen (secondary N) is 2. The van der Waals surface area contributed by atoms with E-state index in [-0.39, 0.29) is 0 Å². The lowest BCUT2D eigenvalue weighted by Crippen LogP contribution is -2.28. The maximum Gasteiger partial charge on any atom is 0.134 e. The molecule has 0 spiro atoms. The second-order valence-corrected chi connectivity index (χ2v) is 5.34. The molecule has 1 aromatic carbocycles. The minimum absolute atomic E-state index is 0.738. The smallest absolute Gasteiger partial charge is 0.134 e. The third-order valence-corrected chi connectivity index (χ3v) is 3.96. The molecule has 0 aliphatic carbocycles. The molecule has 0 bridgehead atoms. The fourth-order valence-corrected chi connectivity index (χ4v) is 2.85. The number of furan rings is 1. The Balaban J connectivity index is 1.42. The summed E-state index contributed by atoms with van der Waals surface area (Å²) in [5.41, 5.74) is 2.30. The van der Waals surface area contributed by atoms with E-state index in [1.807, 2.05) is 18.4 Å². The maximum atomic E-state index is 5.55. The van der Waals surface area contributed by atoms with Gasteiger partial charge in [0.15, 0.2) is 0 Å². The van der Waals surface area contributed by atoms with Crippen LogP contribution in [0.1, 0.15) is 24.8 Å². The summed E-state index contributed by atoms with van der Waals surface area (Å²) < 4.78 is 5.55. The number of benzene rings is 1. The van der Waals surface area contributed by atoms with Crippen LogP contribution in [0.25, 0.3) is 11.0 Å². The van der Waals surface area contributed by atoms with Crippen molar-refractivity contribution in [3.63, 3.8) is 0 Å². The fraction of sp³-hybridized carbons (Fsp3) is 0.500. The van der Waals surface area contributed by atoms with E-state index < -0.39 is 0 Å². The highest BCUT2D eigenvalue weighted by Crippen LogP contribution is 2.20. The molecule has 1 unspecified atom stereocenters. The quantitative estimate of drug-likeness (QED) is 0.782. The summed E-state index contributed by atoms with van der Waals surface area (Å²) in [6.07, 6.45) is 6.85. The Morgan fingerprint density at radius 3 is 3.11 bits per heavy atom. The highest BCUT2D eigenvalue weighted by molar-refractivity contribution is 5.80. The predicted octanol–water partition coefficient (Wildman–Crippen LogP) is 2.71. The summed E-state index contributed by atoms with van der Waals surface area (Å²) in [5, 5.41) is 8.32. The molecule has 1 aromatic heterocycles. The van der Waals surface area contributed by atoms with Crippen molar-refractivity contribution < 1.29 is 4.42 Å². The van der Waals surface area contributed by atoms with Gasteiger partial charge in [0.1, 0.15) is 5.58 Å². The summed E-state index contributed by atoms with van der Waals surface area (Å²) in [6.45, 7) is 3.33. The Hall–Kier alpha value is -1.32. The molecule has 1 atom stereocenters. The van der Waals surface area contributed by atoms with Gasteiger partial charge in [0, 0.05) is 11.4 Å². The molecule has 1 fully saturated rings. The van der Waals surface area contributed by atoms with E-state index in [1.54, 1.807) is 0 Å². The fourth-order valence-electron chi connectivity index (χ4n) is 2.85. The lowest BCUT2D eigenvalue weighted by atomic mass is 10.1. The largest absolute Gasteiger partial charge is 0.464 e. The van der Waals surface area contributed by atoms with Crippen molar-refractivity contribution in [1.29, 1.82) is 0 Å². The van der Waals surface area contributed by atoms with Crippen molar-refractivity contribution in [3.05, 3.63) is 36.1 Å². The molecule has 1 aliphatic heterocycles. The number of rotatable bonds is 6. The molecule has 19 heavy (non-hydrogen) atoms. The third kappa shape index (κ3) is 3.17. The molecule has 3 rings (SSSR count). The van der Waals surface area contributed by atoms with Crippen LogP contribution in [0.15, 0.2) is 34.9 Å². The van der Waals surface area contributed by atoms with Gasteiger partial charge in [-0.05, 0) is 56.9 Å². The Bertz CT molecular complexity index is 514. The van der Waals surface area contributed by atoms with E-state index in [9.17, 15) is 0 Å². The maximum absolute atomic E-state index is 5.55. The van der Waals surface area contributed by atoms with Crippen LogP contribution in [0.5, 0.6) is 0 Å². The molecule has 3 nitrogen and oxygen atoms in total. The van der Waals surface area contributed by atoms with Crippen molar-refractivity contribution in [3.8, 4) is 0 Å². The van der Waals surface area contributed by atoms with Gasteiger partial charge in [-0.25, -0.2) is 0 Å². The van der Waals surface area contributed by atoms with Crippen LogP contribution in [0.2, 0.25) is 0 Å². The van der Waals surface area contributed by atoms with Crippen LogP contribution >= 0.6 is 0 Å². The zero-order chi connectivity index (χ0) is 12.9. The van der Waals surface area contributed by atoms with Gasteiger partial charge in [-0.2, -0.15) is 0 Å². The Labute approximate surface area is 114 Å². The molecule has 2 aromatic rings. The first kappa shape index (κ1) is 12.7. The molecule has 1 aliphatic rings. The first-order chi connectivity index (χ1) is 9.43. The third-order valence-electron chi connectivity index (χ3n) is 3.96. The van der Waals surface area contributed by atoms with Gasteiger partial charge < -0.3 is 15.1 Å². The first-order valence-electron chi connectivity index (χ1n) is 7.33. The van der Waals surface area contributed by atoms with Gasteiger partial charge >= 0.3 is 0 Å². The molecule has 2 N–H and O–H groups in total. The number of hydrogen-bond donors (Lipinski definition) is 2. The van der Waals surface area contributed by atoms with E-state index in [0.29, 0.717) is 0 Å². The minimum atomic E-state index is 0.738. The van der Waals surface area contributed by atoms with Crippen LogP contribution in [-0.4, -0.2) is 25.7 Å². The molecular weight excluding hydrogens is 236 g/mol. The van der Waals surface area contributed by atoms with Gasteiger partial charge in [-0.3, -0.25) is 0 Å². The molecule has 0 amide bonds. The SMILES string of the molecule is c1ccc2c(CCNCCC3CCCN3)coc2c1. The summed E-state index contributed by atoms with van der Waals surface area (Å²) in [6, 6.07) is 8.99. The van der Waals surface area contributed by atoms with E-state index in [1.165, 1.54) is 36.8 Å². The second-order valence-electron chi connectivity index (χ2n) is 5.34. The lowest BCUT2D eigenvalue weighted by molar-refractivity contribution is 0.524. The molecule has 0 radical (unpaired) electrons. The standard InChI is InChI=1S/C16H22N2O/c1-2-6-16-15(5-1)13(12-19-16)7-10-17-11-8-14-4-3-9-18-14/h1-2,5-6,12,14,17-18H,3-4,7-11H2. The average Bonchev–Trinajstić information content (AvgIpc) is 3.08. The average molecular weight is 258 g/mol. The summed E-state index contributed by atoms with van der Waals surface area (Å²) >= 11 is 0. The predicted molar refractivity (Wildman–Crippen MR) is 78.4 cm³/mol. The van der Waals surface area contributed by atoms with Gasteiger partial charge in [0.05, 0.1) is 6.26 Å². The van der Waals surface area contributed by atoms with Crippen LogP contribution in [0.3, 0.4) is 0 Å². The molecule has 0 saturated carbocycles. The van der Waals surface area contributed by atoms with Crippen molar-refractivity contribution in [2.24, 2.45) is 0 Å². The molecular formula is C16H22N2O. The minimum Gasteiger partial charge on any atom is -0.464 e. The van der Waals surface area contributed by atoms with Crippen molar-refractivity contribution in [1.82, 2.24) is 10.6 Å². The van der Waals surface area contributed by atoms with Crippen molar-refractivity contribution in [2.75, 3.05) is 19.6 Å². The normalized spacial score (nSPS) is 19.3. The first-order valence-corrected chi connectivity index (χ1v) is 7.33. The monoisotopic (exact) mass is 258 g/mol. The van der Waals surface area contributed by atoms with E-state index >= 15 is 0 Å². The number of hydrogen-bond acceptors (Lipinski definition) is 3. The topological polar surface area (TPSA) is 37.2 Å². The molecule has 3 heteroatoms. The second kappa shape index (κ2) is 6.22. The van der Waals surface area contributed by atoms with Crippen LogP contribution in [-0.2, 0) is 6.42 Å². The molecule has 1 saturated heterocycles. The highest BCUT2D eigenvalue weighted by atomic mass is 16.3. The van der Waals surface area contributed by atoms with Crippen LogP contribution in [0, 0.1) is 0 Å². The summed E-state index contributed by atoms with van der Waals surface area (Å²) in [5.74, 6) is 0. The van der Waals surface area contributed by atoms with Gasteiger partial charge in [0.25, 0.3) is 0 Å². The molecule has 2 heterocycles. The Morgan fingerprint density at radius 1 is 1.26 bits per heavy atom. The number of fused-ring (bicyclic) bond motifs is 1. The van der Waals surface area contributed by atoms with E-state index in [0.717, 1.165) is 31.1 Å². The van der Waals surface area contributed by atoms with Crippen molar-refractivity contribution >= 4 is 11.0 Å². The summed E-state index contributed by atoms with van der Waals surface area (Å²) in [7, 11) is 0. The number of para-hydroxylation sites is 1. The summed E-state index contributed by atoms with van der Waals surface area (Å²) in [4.78, 5) is 0. The zero-order valence-electron chi connectivity index (χ0n) is 11.3.